The number of rotatable bonds is 9. The Kier molecular flexibility index (Phi) is 8.50. The van der Waals surface area contributed by atoms with Crippen LogP contribution in [0.3, 0.4) is 0 Å². The molecule has 5 heteroatoms. The van der Waals surface area contributed by atoms with Crippen molar-refractivity contribution in [1.29, 1.82) is 0 Å². The van der Waals surface area contributed by atoms with Crippen molar-refractivity contribution in [2.75, 3.05) is 40.4 Å². The topological polar surface area (TPSA) is 24.5 Å². The van der Waals surface area contributed by atoms with Gasteiger partial charge in [0.05, 0.1) is 13.2 Å². The summed E-state index contributed by atoms with van der Waals surface area (Å²) in [6.07, 6.45) is 0.971. The maximum Gasteiger partial charge on any atom is 0.0593 e. The fourth-order valence-corrected chi connectivity index (χ4v) is 2.45. The van der Waals surface area contributed by atoms with Crippen LogP contribution in [-0.4, -0.2) is 45.3 Å². The predicted octanol–water partition coefficient (Wildman–Crippen LogP) is 3.61. The summed E-state index contributed by atoms with van der Waals surface area (Å²) in [6.45, 7) is 5.35. The highest BCUT2D eigenvalue weighted by molar-refractivity contribution is 6.35. The Labute approximate surface area is 132 Å². The number of nitrogens with one attached hydrogen (secondary N) is 1. The molecule has 0 heterocycles. The first-order chi connectivity index (χ1) is 9.54. The molecule has 0 aliphatic carbocycles. The van der Waals surface area contributed by atoms with E-state index in [0.29, 0.717) is 16.7 Å². The van der Waals surface area contributed by atoms with Gasteiger partial charge in [0.15, 0.2) is 0 Å². The van der Waals surface area contributed by atoms with Gasteiger partial charge in [-0.3, -0.25) is 0 Å². The third kappa shape index (κ3) is 6.42. The largest absolute Gasteiger partial charge is 0.379 e. The molecule has 0 radical (unpaired) electrons. The van der Waals surface area contributed by atoms with E-state index in [2.05, 4.69) is 17.1 Å². The second-order valence-corrected chi connectivity index (χ2v) is 5.84. The van der Waals surface area contributed by atoms with Crippen LogP contribution in [0.25, 0.3) is 0 Å². The van der Waals surface area contributed by atoms with Crippen LogP contribution in [0.1, 0.15) is 24.9 Å². The van der Waals surface area contributed by atoms with Gasteiger partial charge < -0.3 is 15.0 Å². The molecule has 0 aliphatic rings. The summed E-state index contributed by atoms with van der Waals surface area (Å²) in [6, 6.07) is 5.88. The highest BCUT2D eigenvalue weighted by atomic mass is 35.5. The molecule has 0 spiro atoms. The Morgan fingerprint density at radius 2 is 2.00 bits per heavy atom. The summed E-state index contributed by atoms with van der Waals surface area (Å²) in [7, 11) is 4.08. The molecule has 3 nitrogen and oxygen atoms in total. The lowest BCUT2D eigenvalue weighted by Gasteiger charge is -2.19. The Morgan fingerprint density at radius 3 is 2.60 bits per heavy atom. The van der Waals surface area contributed by atoms with E-state index in [-0.39, 0.29) is 6.04 Å². The van der Waals surface area contributed by atoms with Crippen LogP contribution in [0.15, 0.2) is 18.2 Å². The number of halogens is 2. The molecule has 0 amide bonds. The van der Waals surface area contributed by atoms with Crippen LogP contribution in [0.4, 0.5) is 0 Å². The maximum atomic E-state index is 6.24. The average Bonchev–Trinajstić information content (AvgIpc) is 2.39. The Balaban J connectivity index is 2.36. The summed E-state index contributed by atoms with van der Waals surface area (Å²) >= 11 is 12.2. The van der Waals surface area contributed by atoms with E-state index in [4.69, 9.17) is 27.9 Å². The molecule has 1 N–H and O–H groups in total. The number of likely N-dealkylation sites (N-methyl/N-ethyl adjacent to an activating group) is 1. The van der Waals surface area contributed by atoms with E-state index in [1.54, 1.807) is 6.07 Å². The third-order valence-corrected chi connectivity index (χ3v) is 3.63. The van der Waals surface area contributed by atoms with E-state index in [9.17, 15) is 0 Å². The van der Waals surface area contributed by atoms with Gasteiger partial charge in [0.2, 0.25) is 0 Å². The molecule has 114 valence electrons. The Bertz CT molecular complexity index is 399. The highest BCUT2D eigenvalue weighted by Gasteiger charge is 2.12. The highest BCUT2D eigenvalue weighted by Crippen LogP contribution is 2.27. The van der Waals surface area contributed by atoms with E-state index in [0.717, 1.165) is 31.7 Å². The molecule has 0 aromatic heterocycles. The molecule has 1 aromatic rings. The van der Waals surface area contributed by atoms with Crippen LogP contribution >= 0.6 is 23.2 Å². The number of hydrogen-bond acceptors (Lipinski definition) is 3. The minimum Gasteiger partial charge on any atom is -0.379 e. The maximum absolute atomic E-state index is 6.24. The van der Waals surface area contributed by atoms with Gasteiger partial charge in [-0.15, -0.1) is 0 Å². The van der Waals surface area contributed by atoms with Crippen molar-refractivity contribution < 1.29 is 4.74 Å². The van der Waals surface area contributed by atoms with Crippen LogP contribution < -0.4 is 5.32 Å². The number of ether oxygens (including phenoxy) is 1. The molecule has 0 fully saturated rings. The van der Waals surface area contributed by atoms with Crippen molar-refractivity contribution in [1.82, 2.24) is 10.2 Å². The van der Waals surface area contributed by atoms with Crippen LogP contribution in [0.2, 0.25) is 10.0 Å². The molecule has 1 unspecified atom stereocenters. The van der Waals surface area contributed by atoms with Crippen molar-refractivity contribution >= 4 is 23.2 Å². The molecular formula is C15H24Cl2N2O. The summed E-state index contributed by atoms with van der Waals surface area (Å²) in [5.74, 6) is 0. The molecule has 20 heavy (non-hydrogen) atoms. The van der Waals surface area contributed by atoms with Crippen LogP contribution in [0, 0.1) is 0 Å². The Morgan fingerprint density at radius 1 is 1.25 bits per heavy atom. The average molecular weight is 319 g/mol. The molecule has 1 aromatic carbocycles. The van der Waals surface area contributed by atoms with E-state index in [1.165, 1.54) is 0 Å². The predicted molar refractivity (Wildman–Crippen MR) is 86.9 cm³/mol. The second kappa shape index (κ2) is 9.59. The fourth-order valence-electron chi connectivity index (χ4n) is 1.91. The zero-order valence-corrected chi connectivity index (χ0v) is 14.0. The standard InChI is InChI=1S/C15H24Cl2N2O/c1-4-15(13-6-5-12(16)11-14(13)17)18-7-9-20-10-8-19(2)3/h5-6,11,15,18H,4,7-10H2,1-3H3. The summed E-state index contributed by atoms with van der Waals surface area (Å²) in [4.78, 5) is 2.11. The molecule has 0 aliphatic heterocycles. The third-order valence-electron chi connectivity index (χ3n) is 3.07. The van der Waals surface area contributed by atoms with Gasteiger partial charge in [-0.25, -0.2) is 0 Å². The zero-order chi connectivity index (χ0) is 15.0. The van der Waals surface area contributed by atoms with Crippen LogP contribution in [0.5, 0.6) is 0 Å². The van der Waals surface area contributed by atoms with Gasteiger partial charge >= 0.3 is 0 Å². The first kappa shape index (κ1) is 17.7. The summed E-state index contributed by atoms with van der Waals surface area (Å²) in [5, 5.41) is 4.85. The quantitative estimate of drug-likeness (QED) is 0.704. The van der Waals surface area contributed by atoms with Gasteiger partial charge in [-0.05, 0) is 38.2 Å². The fraction of sp³-hybridized carbons (Fsp3) is 0.600. The molecule has 0 saturated carbocycles. The lowest BCUT2D eigenvalue weighted by atomic mass is 10.0. The lowest BCUT2D eigenvalue weighted by molar-refractivity contribution is 0.117. The molecule has 1 atom stereocenters. The number of hydrogen-bond donors (Lipinski definition) is 1. The van der Waals surface area contributed by atoms with E-state index >= 15 is 0 Å². The first-order valence-electron chi connectivity index (χ1n) is 6.95. The van der Waals surface area contributed by atoms with Crippen molar-refractivity contribution in [3.63, 3.8) is 0 Å². The Hall–Kier alpha value is -0.320. The number of benzene rings is 1. The van der Waals surface area contributed by atoms with Gasteiger partial charge in [0, 0.05) is 29.2 Å². The van der Waals surface area contributed by atoms with Crippen molar-refractivity contribution in [3.05, 3.63) is 33.8 Å². The molecular weight excluding hydrogens is 295 g/mol. The van der Waals surface area contributed by atoms with E-state index in [1.807, 2.05) is 26.2 Å². The second-order valence-electron chi connectivity index (χ2n) is 5.00. The zero-order valence-electron chi connectivity index (χ0n) is 12.5. The van der Waals surface area contributed by atoms with Crippen LogP contribution in [-0.2, 0) is 4.74 Å². The van der Waals surface area contributed by atoms with Gasteiger partial charge in [-0.1, -0.05) is 36.2 Å². The normalized spacial score (nSPS) is 12.9. The SMILES string of the molecule is CCC(NCCOCCN(C)C)c1ccc(Cl)cc1Cl. The number of nitrogens with zero attached hydrogens (tertiary/aromatic N) is 1. The van der Waals surface area contributed by atoms with Gasteiger partial charge in [0.1, 0.15) is 0 Å². The molecule has 1 rings (SSSR count). The lowest BCUT2D eigenvalue weighted by Crippen LogP contribution is -2.26. The van der Waals surface area contributed by atoms with Crippen molar-refractivity contribution in [2.45, 2.75) is 19.4 Å². The van der Waals surface area contributed by atoms with Crippen molar-refractivity contribution in [3.8, 4) is 0 Å². The smallest absolute Gasteiger partial charge is 0.0593 e. The molecule has 0 bridgehead atoms. The minimum atomic E-state index is 0.234. The first-order valence-corrected chi connectivity index (χ1v) is 7.71. The molecule has 0 saturated heterocycles. The van der Waals surface area contributed by atoms with Gasteiger partial charge in [-0.2, -0.15) is 0 Å². The minimum absolute atomic E-state index is 0.234. The van der Waals surface area contributed by atoms with E-state index < -0.39 is 0 Å². The monoisotopic (exact) mass is 318 g/mol. The summed E-state index contributed by atoms with van der Waals surface area (Å²) in [5.41, 5.74) is 1.09. The van der Waals surface area contributed by atoms with Gasteiger partial charge in [0.25, 0.3) is 0 Å². The van der Waals surface area contributed by atoms with Crippen molar-refractivity contribution in [2.24, 2.45) is 0 Å². The summed E-state index contributed by atoms with van der Waals surface area (Å²) < 4.78 is 5.57.